The van der Waals surface area contributed by atoms with Gasteiger partial charge in [-0.15, -0.1) is 0 Å². The van der Waals surface area contributed by atoms with Crippen LogP contribution in [0.3, 0.4) is 0 Å². The number of unbranched alkanes of at least 4 members (excludes halogenated alkanes) is 5. The smallest absolute Gasteiger partial charge is 0.420 e. The molecule has 1 aliphatic heterocycles. The number of aryl methyl sites for hydroxylation is 1. The van der Waals surface area contributed by atoms with Crippen LogP contribution in [0.1, 0.15) is 203 Å². The van der Waals surface area contributed by atoms with Crippen molar-refractivity contribution in [3.63, 3.8) is 0 Å². The highest BCUT2D eigenvalue weighted by Crippen LogP contribution is 2.39. The molecule has 7 N–H and O–H groups in total. The molecular formula is C92H110N12O20S2. The number of imidazole rings is 6. The van der Waals surface area contributed by atoms with Gasteiger partial charge in [0, 0.05) is 31.6 Å². The lowest BCUT2D eigenvalue weighted by atomic mass is 9.99. The zero-order chi connectivity index (χ0) is 91.4. The minimum absolute atomic E-state index is 0.111. The van der Waals surface area contributed by atoms with E-state index < -0.39 is 79.4 Å². The highest BCUT2D eigenvalue weighted by molar-refractivity contribution is 7.90. The standard InChI is InChI=1S/C23H34N2O5.C19H18N2O5.C15H14N2O3S.C15H20N2O3.C10H12N2O3S.C10H12N2O/c1-6-7-8-9-10-11-12-22(2,3)30-21(26)25-17-14-19-18(28-15-29-19)13-16(17)24-20(25)23(4,5)27;1-25-18(23)14-7-8-16-15(11-14)20-17(9-10-22)21(16)19(24)26-12-13-5-3-2-4-6-13;1-11(18)15-16-13-9-5-6-10-14(13)17(15)21(19,20)12-7-3-2-4-8-12;1-5-15(3,4)20-14(19)17-12-9-7-6-8-11(12)16-13(17)10(2)18;1-7(13)10-11-8-5-3-4-6-9(8)12(10)16(2,14)15;13-7-3-6-10-11-8-4-1-2-5-9(8)12-10/h13-14,27H,6-12,15H2,1-5H3;2-8,11,22H,9-10,12H2,1H3;2-11,18H,1H3;6-10,18H,5H2,1-4H3;3-7,13H,1-2H3;1-2,4-5,13H,3,6-7H2,(H,11,12). The molecule has 0 saturated heterocycles. The first-order chi connectivity index (χ1) is 59.9. The van der Waals surface area contributed by atoms with Gasteiger partial charge in [0.1, 0.15) is 59.2 Å². The van der Waals surface area contributed by atoms with E-state index in [-0.39, 0.29) is 55.4 Å². The molecule has 8 aromatic carbocycles. The molecule has 0 fully saturated rings. The van der Waals surface area contributed by atoms with Crippen LogP contribution in [-0.4, -0.2) is 173 Å². The Hall–Kier alpha value is -12.3. The van der Waals surface area contributed by atoms with Crippen molar-refractivity contribution in [3.8, 4) is 11.5 Å². The van der Waals surface area contributed by atoms with Crippen LogP contribution in [0.15, 0.2) is 193 Å². The molecule has 126 heavy (non-hydrogen) atoms. The Morgan fingerprint density at radius 1 is 0.500 bits per heavy atom. The van der Waals surface area contributed by atoms with Crippen molar-refractivity contribution >= 4 is 110 Å². The molecule has 15 rings (SSSR count). The molecule has 3 atom stereocenters. The molecule has 34 heteroatoms. The van der Waals surface area contributed by atoms with E-state index in [1.807, 2.05) is 101 Å². The summed E-state index contributed by atoms with van der Waals surface area (Å²) in [6.45, 7) is 19.8. The van der Waals surface area contributed by atoms with Crippen molar-refractivity contribution in [1.82, 2.24) is 56.5 Å². The van der Waals surface area contributed by atoms with Crippen LogP contribution >= 0.6 is 0 Å². The lowest BCUT2D eigenvalue weighted by Crippen LogP contribution is -2.33. The number of esters is 1. The molecular weight excluding hydrogens is 1660 g/mol. The number of nitrogens with one attached hydrogen (secondary N) is 1. The molecule has 7 heterocycles. The van der Waals surface area contributed by atoms with Gasteiger partial charge in [0.15, 0.2) is 29.0 Å². The Balaban J connectivity index is 0.000000161. The quantitative estimate of drug-likeness (QED) is 0.0159. The molecule has 1 aliphatic rings. The van der Waals surface area contributed by atoms with Gasteiger partial charge in [-0.1, -0.05) is 143 Å². The summed E-state index contributed by atoms with van der Waals surface area (Å²) >= 11 is 0. The third-order valence-corrected chi connectivity index (χ3v) is 22.8. The summed E-state index contributed by atoms with van der Waals surface area (Å²) in [6.07, 6.45) is 7.00. The molecule has 0 aliphatic carbocycles. The third-order valence-electron chi connectivity index (χ3n) is 20.1. The number of methoxy groups -OCH3 is 1. The van der Waals surface area contributed by atoms with Gasteiger partial charge in [-0.3, -0.25) is 0 Å². The van der Waals surface area contributed by atoms with Gasteiger partial charge in [-0.05, 0) is 172 Å². The predicted molar refractivity (Wildman–Crippen MR) is 477 cm³/mol. The van der Waals surface area contributed by atoms with Crippen molar-refractivity contribution in [2.45, 2.75) is 193 Å². The van der Waals surface area contributed by atoms with Gasteiger partial charge in [0.25, 0.3) is 10.0 Å². The summed E-state index contributed by atoms with van der Waals surface area (Å²) in [6, 6.07) is 54.6. The first-order valence-electron chi connectivity index (χ1n) is 41.4. The lowest BCUT2D eigenvalue weighted by Gasteiger charge is -2.26. The van der Waals surface area contributed by atoms with E-state index in [0.29, 0.717) is 90.3 Å². The molecule has 0 spiro atoms. The van der Waals surface area contributed by atoms with Gasteiger partial charge in [0.05, 0.1) is 96.6 Å². The van der Waals surface area contributed by atoms with E-state index in [9.17, 15) is 61.5 Å². The topological polar surface area (TPSA) is 431 Å². The number of aliphatic hydroxyl groups is 6. The van der Waals surface area contributed by atoms with E-state index >= 15 is 0 Å². The van der Waals surface area contributed by atoms with Crippen LogP contribution in [-0.2, 0) is 64.0 Å². The van der Waals surface area contributed by atoms with Crippen LogP contribution in [0.4, 0.5) is 14.4 Å². The summed E-state index contributed by atoms with van der Waals surface area (Å²) in [7, 11) is -5.98. The second kappa shape index (κ2) is 42.6. The Morgan fingerprint density at radius 2 is 1.01 bits per heavy atom. The van der Waals surface area contributed by atoms with Crippen molar-refractivity contribution in [2.75, 3.05) is 33.4 Å². The zero-order valence-corrected chi connectivity index (χ0v) is 74.5. The van der Waals surface area contributed by atoms with Gasteiger partial charge >= 0.3 is 24.2 Å². The highest BCUT2D eigenvalue weighted by Gasteiger charge is 2.35. The largest absolute Gasteiger partial charge is 0.465 e. The minimum Gasteiger partial charge on any atom is -0.465 e. The van der Waals surface area contributed by atoms with Gasteiger partial charge in [0.2, 0.25) is 16.8 Å². The van der Waals surface area contributed by atoms with Crippen molar-refractivity contribution in [3.05, 3.63) is 234 Å². The minimum atomic E-state index is -3.80. The number of aliphatic hydroxyl groups excluding tert-OH is 5. The number of fused-ring (bicyclic) bond motifs is 7. The maximum atomic E-state index is 13.2. The molecule has 0 amide bonds. The molecule has 0 saturated carbocycles. The van der Waals surface area contributed by atoms with Crippen molar-refractivity contribution in [2.24, 2.45) is 0 Å². The summed E-state index contributed by atoms with van der Waals surface area (Å²) in [4.78, 5) is 79.1. The summed E-state index contributed by atoms with van der Waals surface area (Å²) in [5.41, 5.74) is 6.11. The normalized spacial score (nSPS) is 12.8. The predicted octanol–water partition coefficient (Wildman–Crippen LogP) is 16.0. The maximum Gasteiger partial charge on any atom is 0.420 e. The molecule has 6 aromatic heterocycles. The molecule has 670 valence electrons. The molecule has 3 unspecified atom stereocenters. The zero-order valence-electron chi connectivity index (χ0n) is 72.9. The van der Waals surface area contributed by atoms with E-state index in [4.69, 9.17) is 33.5 Å². The third kappa shape index (κ3) is 24.0. The van der Waals surface area contributed by atoms with Crippen LogP contribution in [0.5, 0.6) is 11.5 Å². The average Bonchev–Trinajstić information content (AvgIpc) is 1.60. The van der Waals surface area contributed by atoms with Crippen LogP contribution in [0.25, 0.3) is 66.2 Å². The van der Waals surface area contributed by atoms with Crippen molar-refractivity contribution in [1.29, 1.82) is 0 Å². The first kappa shape index (κ1) is 95.9. The van der Waals surface area contributed by atoms with E-state index in [0.717, 1.165) is 68.7 Å². The fourth-order valence-electron chi connectivity index (χ4n) is 13.5. The number of hydrogen-bond acceptors (Lipinski definition) is 26. The second-order valence-electron chi connectivity index (χ2n) is 31.6. The summed E-state index contributed by atoms with van der Waals surface area (Å²) in [5.74, 6) is 2.72. The molecule has 0 bridgehead atoms. The Morgan fingerprint density at radius 3 is 1.58 bits per heavy atom. The Labute approximate surface area is 730 Å². The van der Waals surface area contributed by atoms with E-state index in [1.165, 1.54) is 72.5 Å². The highest BCUT2D eigenvalue weighted by atomic mass is 32.2. The van der Waals surface area contributed by atoms with Crippen LogP contribution in [0, 0.1) is 0 Å². The lowest BCUT2D eigenvalue weighted by molar-refractivity contribution is 0.0253. The summed E-state index contributed by atoms with van der Waals surface area (Å²) in [5, 5.41) is 57.7. The van der Waals surface area contributed by atoms with Crippen LogP contribution < -0.4 is 9.47 Å². The number of rotatable bonds is 25. The number of ether oxygens (including phenoxy) is 6. The first-order valence-corrected chi connectivity index (χ1v) is 44.7. The number of H-pyrrole nitrogens is 1. The number of aromatic nitrogens is 12. The number of carbonyl (C=O) groups excluding carboxylic acids is 4. The Bertz CT molecular complexity index is 6270. The number of aromatic amines is 1. The number of nitrogens with zero attached hydrogens (tertiary/aromatic N) is 11. The summed E-state index contributed by atoms with van der Waals surface area (Å²) < 4.78 is 87.5. The number of hydrogen-bond donors (Lipinski definition) is 7. The Kier molecular flexibility index (Phi) is 32.4. The van der Waals surface area contributed by atoms with Gasteiger partial charge < -0.3 is 64.0 Å². The molecule has 14 aromatic rings. The SMILES string of the molecule is CC(O)c1nc2ccccc2n1S(=O)(=O)c1ccccc1.CC(O)c1nc2ccccc2n1S(C)(=O)=O.CCC(C)(C)OC(=O)n1c(C(C)O)nc2ccccc21.CCCCCCCCC(C)(C)OC(=O)n1c(C(C)(C)O)nc2cc3c(cc21)OCO3.COC(=O)c1ccc2c(c1)nc(CCO)n2C(=O)OCc1ccccc1.OCCCc1nc2ccccc2[nH]1. The van der Waals surface area contributed by atoms with E-state index in [2.05, 4.69) is 41.8 Å². The van der Waals surface area contributed by atoms with E-state index in [1.54, 1.807) is 130 Å². The monoisotopic (exact) mass is 1770 g/mol. The molecule has 32 nitrogen and oxygen atoms in total. The number of benzene rings is 8. The average molecular weight is 1770 g/mol. The molecule has 0 radical (unpaired) electrons. The fraction of sp³-hybridized carbons (Fsp3) is 0.370. The van der Waals surface area contributed by atoms with Gasteiger partial charge in [-0.25, -0.2) is 87.6 Å². The second-order valence-corrected chi connectivity index (χ2v) is 35.2. The van der Waals surface area contributed by atoms with Gasteiger partial charge in [-0.2, -0.15) is 0 Å². The maximum absolute atomic E-state index is 13.2. The van der Waals surface area contributed by atoms with Crippen LogP contribution in [0.2, 0.25) is 0 Å². The fourth-order valence-corrected chi connectivity index (χ4v) is 16.1. The number of carbonyl (C=O) groups is 4. The number of para-hydroxylation sites is 8. The van der Waals surface area contributed by atoms with Crippen molar-refractivity contribution < 1.29 is 95.1 Å².